The van der Waals surface area contributed by atoms with Gasteiger partial charge in [0.05, 0.1) is 17.9 Å². The number of nitrogens with zero attached hydrogens (tertiary/aromatic N) is 2. The molecule has 0 saturated heterocycles. The number of nitrogens with one attached hydrogen (secondary N) is 2. The van der Waals surface area contributed by atoms with Gasteiger partial charge in [-0.05, 0) is 41.8 Å². The van der Waals surface area contributed by atoms with Gasteiger partial charge in [0.15, 0.2) is 5.78 Å². The normalized spacial score (nSPS) is 17.0. The summed E-state index contributed by atoms with van der Waals surface area (Å²) < 4.78 is 0. The highest BCUT2D eigenvalue weighted by molar-refractivity contribution is 6.35. The van der Waals surface area contributed by atoms with Gasteiger partial charge in [0.25, 0.3) is 5.91 Å². The van der Waals surface area contributed by atoms with Crippen LogP contribution in [-0.2, 0) is 22.6 Å². The number of Topliss-reactive ketones (excluding diaryl/α,β-unsaturated/α-hetero) is 1. The monoisotopic (exact) mass is 534 g/mol. The van der Waals surface area contributed by atoms with Gasteiger partial charge in [0.2, 0.25) is 12.1 Å². The Labute approximate surface area is 224 Å². The summed E-state index contributed by atoms with van der Waals surface area (Å²) in [6, 6.07) is 18.2. The summed E-state index contributed by atoms with van der Waals surface area (Å²) in [5.41, 5.74) is 5.13. The number of ketones is 1. The van der Waals surface area contributed by atoms with E-state index in [4.69, 9.17) is 28.2 Å². The number of hydrogen-bond donors (Lipinski definition) is 2. The molecular formula is C28H24Cl2N4O3. The second kappa shape index (κ2) is 10.5. The molecule has 5 rings (SSSR count). The SMILES string of the molecule is CN1C(=O)C(NC(=O)CCc2ccc(Cl)cc2Cl)N=C(c2ccc3c(c2)CNCC3=O)c2ccccc21. The molecule has 0 fully saturated rings. The lowest BCUT2D eigenvalue weighted by molar-refractivity contribution is -0.127. The van der Waals surface area contributed by atoms with Crippen molar-refractivity contribution in [3.05, 3.63) is 98.5 Å². The first-order chi connectivity index (χ1) is 17.8. The predicted octanol–water partition coefficient (Wildman–Crippen LogP) is 4.17. The van der Waals surface area contributed by atoms with Crippen molar-refractivity contribution in [2.45, 2.75) is 25.6 Å². The molecule has 2 aliphatic rings. The number of benzodiazepines with no additional fused rings is 1. The number of aliphatic imine (C=N–C) groups is 1. The average molecular weight is 535 g/mol. The molecule has 9 heteroatoms. The Hall–Kier alpha value is -3.52. The van der Waals surface area contributed by atoms with E-state index >= 15 is 0 Å². The first-order valence-electron chi connectivity index (χ1n) is 11.9. The van der Waals surface area contributed by atoms with E-state index in [1.54, 1.807) is 31.3 Å². The van der Waals surface area contributed by atoms with Crippen molar-refractivity contribution in [1.29, 1.82) is 0 Å². The predicted molar refractivity (Wildman–Crippen MR) is 145 cm³/mol. The molecule has 0 aliphatic carbocycles. The Kier molecular flexibility index (Phi) is 7.11. The van der Waals surface area contributed by atoms with E-state index in [1.165, 1.54) is 4.90 Å². The minimum Gasteiger partial charge on any atom is -0.327 e. The van der Waals surface area contributed by atoms with Crippen molar-refractivity contribution >= 4 is 52.2 Å². The zero-order chi connectivity index (χ0) is 26.1. The van der Waals surface area contributed by atoms with E-state index in [0.717, 1.165) is 22.3 Å². The Morgan fingerprint density at radius 3 is 2.68 bits per heavy atom. The lowest BCUT2D eigenvalue weighted by Crippen LogP contribution is -2.46. The fourth-order valence-corrected chi connectivity index (χ4v) is 5.11. The number of para-hydroxylation sites is 1. The zero-order valence-electron chi connectivity index (χ0n) is 20.1. The standard InChI is InChI=1S/C28H24Cl2N4O3/c1-34-23-5-3-2-4-21(23)26(17-7-10-20-18(12-17)14-31-15-24(20)35)33-27(28(34)37)32-25(36)11-8-16-6-9-19(29)13-22(16)30/h2-7,9-10,12-13,27,31H,8,11,14-15H2,1H3,(H,32,36). The van der Waals surface area contributed by atoms with E-state index in [-0.39, 0.29) is 24.0 Å². The summed E-state index contributed by atoms with van der Waals surface area (Å²) in [7, 11) is 1.67. The molecule has 2 N–H and O–H groups in total. The van der Waals surface area contributed by atoms with E-state index < -0.39 is 6.17 Å². The third-order valence-corrected chi connectivity index (χ3v) is 7.14. The van der Waals surface area contributed by atoms with Crippen LogP contribution in [0.25, 0.3) is 0 Å². The van der Waals surface area contributed by atoms with Crippen LogP contribution >= 0.6 is 23.2 Å². The second-order valence-corrected chi connectivity index (χ2v) is 9.84. The lowest BCUT2D eigenvalue weighted by atomic mass is 9.93. The number of hydrogen-bond acceptors (Lipinski definition) is 5. The second-order valence-electron chi connectivity index (χ2n) is 9.00. The van der Waals surface area contributed by atoms with Gasteiger partial charge in [-0.3, -0.25) is 14.4 Å². The van der Waals surface area contributed by atoms with E-state index in [1.807, 2.05) is 36.4 Å². The quantitative estimate of drug-likeness (QED) is 0.514. The Bertz CT molecular complexity index is 1450. The summed E-state index contributed by atoms with van der Waals surface area (Å²) >= 11 is 12.2. The van der Waals surface area contributed by atoms with Gasteiger partial charge < -0.3 is 15.5 Å². The number of carbonyl (C=O) groups is 3. The van der Waals surface area contributed by atoms with E-state index in [0.29, 0.717) is 46.5 Å². The van der Waals surface area contributed by atoms with Gasteiger partial charge in [0.1, 0.15) is 0 Å². The molecular weight excluding hydrogens is 511 g/mol. The summed E-state index contributed by atoms with van der Waals surface area (Å²) in [6.45, 7) is 0.876. The Morgan fingerprint density at radius 1 is 1.05 bits per heavy atom. The molecule has 2 amide bonds. The van der Waals surface area contributed by atoms with Crippen molar-refractivity contribution in [3.63, 3.8) is 0 Å². The number of carbonyl (C=O) groups excluding carboxylic acids is 3. The van der Waals surface area contributed by atoms with Crippen LogP contribution < -0.4 is 15.5 Å². The molecule has 3 aromatic carbocycles. The highest BCUT2D eigenvalue weighted by Crippen LogP contribution is 2.29. The van der Waals surface area contributed by atoms with Crippen molar-refractivity contribution < 1.29 is 14.4 Å². The van der Waals surface area contributed by atoms with Gasteiger partial charge in [-0.1, -0.05) is 59.6 Å². The number of amides is 2. The molecule has 2 aliphatic heterocycles. The minimum absolute atomic E-state index is 0.0387. The largest absolute Gasteiger partial charge is 0.327 e. The molecule has 37 heavy (non-hydrogen) atoms. The molecule has 1 unspecified atom stereocenters. The Balaban J connectivity index is 1.46. The van der Waals surface area contributed by atoms with Crippen LogP contribution in [0.1, 0.15) is 39.0 Å². The number of halogens is 2. The molecule has 188 valence electrons. The van der Waals surface area contributed by atoms with Crippen molar-refractivity contribution in [1.82, 2.24) is 10.6 Å². The van der Waals surface area contributed by atoms with Crippen LogP contribution in [0, 0.1) is 0 Å². The van der Waals surface area contributed by atoms with Crippen LogP contribution in [0.4, 0.5) is 5.69 Å². The third kappa shape index (κ3) is 5.16. The van der Waals surface area contributed by atoms with Crippen molar-refractivity contribution in [3.8, 4) is 0 Å². The molecule has 0 saturated carbocycles. The van der Waals surface area contributed by atoms with Crippen LogP contribution in [-0.4, -0.2) is 43.1 Å². The number of aryl methyl sites for hydroxylation is 1. The molecule has 7 nitrogen and oxygen atoms in total. The maximum absolute atomic E-state index is 13.4. The molecule has 2 heterocycles. The molecule has 0 bridgehead atoms. The highest BCUT2D eigenvalue weighted by Gasteiger charge is 2.31. The van der Waals surface area contributed by atoms with Crippen LogP contribution in [0.15, 0.2) is 65.7 Å². The fraction of sp³-hybridized carbons (Fsp3) is 0.214. The summed E-state index contributed by atoms with van der Waals surface area (Å²) in [6.07, 6.45) is -0.600. The summed E-state index contributed by atoms with van der Waals surface area (Å²) in [5, 5.41) is 6.91. The highest BCUT2D eigenvalue weighted by atomic mass is 35.5. The topological polar surface area (TPSA) is 90.9 Å². The molecule has 3 aromatic rings. The molecule has 0 spiro atoms. The van der Waals surface area contributed by atoms with Gasteiger partial charge in [-0.2, -0.15) is 0 Å². The number of fused-ring (bicyclic) bond motifs is 2. The summed E-state index contributed by atoms with van der Waals surface area (Å²) in [5.74, 6) is -0.640. The van der Waals surface area contributed by atoms with Gasteiger partial charge in [0, 0.05) is 46.7 Å². The smallest absolute Gasteiger partial charge is 0.272 e. The van der Waals surface area contributed by atoms with Crippen LogP contribution in [0.3, 0.4) is 0 Å². The maximum atomic E-state index is 13.4. The number of benzene rings is 3. The first-order valence-corrected chi connectivity index (χ1v) is 12.6. The first kappa shape index (κ1) is 25.1. The van der Waals surface area contributed by atoms with Crippen molar-refractivity contribution in [2.75, 3.05) is 18.5 Å². The minimum atomic E-state index is -1.11. The van der Waals surface area contributed by atoms with Crippen LogP contribution in [0.5, 0.6) is 0 Å². The zero-order valence-corrected chi connectivity index (χ0v) is 21.6. The van der Waals surface area contributed by atoms with E-state index in [9.17, 15) is 14.4 Å². The number of anilines is 1. The molecule has 1 atom stereocenters. The molecule has 0 radical (unpaired) electrons. The van der Waals surface area contributed by atoms with Gasteiger partial charge >= 0.3 is 0 Å². The van der Waals surface area contributed by atoms with Crippen molar-refractivity contribution in [2.24, 2.45) is 4.99 Å². The number of likely N-dealkylation sites (N-methyl/N-ethyl adjacent to an activating group) is 1. The summed E-state index contributed by atoms with van der Waals surface area (Å²) in [4.78, 5) is 44.8. The Morgan fingerprint density at radius 2 is 1.86 bits per heavy atom. The third-order valence-electron chi connectivity index (χ3n) is 6.56. The number of rotatable bonds is 5. The van der Waals surface area contributed by atoms with Gasteiger partial charge in [-0.25, -0.2) is 4.99 Å². The fourth-order valence-electron chi connectivity index (χ4n) is 4.61. The van der Waals surface area contributed by atoms with Crippen LogP contribution in [0.2, 0.25) is 10.0 Å². The van der Waals surface area contributed by atoms with Gasteiger partial charge in [-0.15, -0.1) is 0 Å². The van der Waals surface area contributed by atoms with E-state index in [2.05, 4.69) is 10.6 Å². The lowest BCUT2D eigenvalue weighted by Gasteiger charge is -2.21. The maximum Gasteiger partial charge on any atom is 0.272 e. The molecule has 0 aromatic heterocycles. The average Bonchev–Trinajstić information content (AvgIpc) is 2.99.